The van der Waals surface area contributed by atoms with E-state index in [0.717, 1.165) is 12.3 Å². The van der Waals surface area contributed by atoms with Gasteiger partial charge < -0.3 is 10.8 Å². The van der Waals surface area contributed by atoms with Gasteiger partial charge in [0.05, 0.1) is 17.5 Å². The molecular formula is C8H10N2O4S. The molecule has 82 valence electrons. The molecule has 0 aliphatic heterocycles. The minimum absolute atomic E-state index is 0.00164. The second-order valence-corrected chi connectivity index (χ2v) is 4.72. The van der Waals surface area contributed by atoms with E-state index in [9.17, 15) is 13.2 Å². The third-order valence-electron chi connectivity index (χ3n) is 1.56. The van der Waals surface area contributed by atoms with Crippen molar-refractivity contribution in [3.63, 3.8) is 0 Å². The summed E-state index contributed by atoms with van der Waals surface area (Å²) in [7, 11) is -3.52. The minimum atomic E-state index is -3.52. The first-order valence-corrected chi connectivity index (χ1v) is 5.79. The topological polar surface area (TPSA) is 109 Å². The van der Waals surface area contributed by atoms with Gasteiger partial charge in [-0.1, -0.05) is 0 Å². The number of benzene rings is 1. The minimum Gasteiger partial charge on any atom is -0.508 e. The molecule has 4 N–H and O–H groups in total. The van der Waals surface area contributed by atoms with Crippen LogP contribution in [0.25, 0.3) is 0 Å². The number of hydrogen-bond acceptors (Lipinski definition) is 4. The average molecular weight is 230 g/mol. The lowest BCUT2D eigenvalue weighted by Gasteiger charge is -2.08. The van der Waals surface area contributed by atoms with Gasteiger partial charge in [-0.2, -0.15) is 0 Å². The summed E-state index contributed by atoms with van der Waals surface area (Å²) in [4.78, 5) is 10.9. The summed E-state index contributed by atoms with van der Waals surface area (Å²) in [6.07, 6.45) is 0.932. The van der Waals surface area contributed by atoms with Crippen LogP contribution in [0.1, 0.15) is 10.4 Å². The van der Waals surface area contributed by atoms with Gasteiger partial charge in [0.25, 0.3) is 5.91 Å². The largest absolute Gasteiger partial charge is 0.508 e. The van der Waals surface area contributed by atoms with Crippen LogP contribution in [-0.4, -0.2) is 25.7 Å². The van der Waals surface area contributed by atoms with E-state index in [-0.39, 0.29) is 17.0 Å². The SMILES string of the molecule is CS(=O)(=O)Nc1cc(O)ccc1C(N)=O. The summed E-state index contributed by atoms with van der Waals surface area (Å²) < 4.78 is 24.0. The van der Waals surface area contributed by atoms with Gasteiger partial charge >= 0.3 is 0 Å². The van der Waals surface area contributed by atoms with Crippen molar-refractivity contribution >= 4 is 21.6 Å². The summed E-state index contributed by atoms with van der Waals surface area (Å²) in [5, 5.41) is 9.13. The monoisotopic (exact) mass is 230 g/mol. The number of phenolic OH excluding ortho intramolecular Hbond substituents is 1. The van der Waals surface area contributed by atoms with E-state index < -0.39 is 15.9 Å². The van der Waals surface area contributed by atoms with Gasteiger partial charge in [-0.25, -0.2) is 8.42 Å². The Morgan fingerprint density at radius 3 is 2.53 bits per heavy atom. The van der Waals surface area contributed by atoms with Crippen LogP contribution in [-0.2, 0) is 10.0 Å². The maximum atomic E-state index is 10.9. The number of anilines is 1. The first-order valence-electron chi connectivity index (χ1n) is 3.90. The van der Waals surface area contributed by atoms with Crippen molar-refractivity contribution in [3.05, 3.63) is 23.8 Å². The van der Waals surface area contributed by atoms with Crippen LogP contribution in [0.15, 0.2) is 18.2 Å². The standard InChI is InChI=1S/C8H10N2O4S/c1-15(13,14)10-7-4-5(11)2-3-6(7)8(9)12/h2-4,10-11H,1H3,(H2,9,12). The Balaban J connectivity index is 3.25. The van der Waals surface area contributed by atoms with Gasteiger partial charge in [0.1, 0.15) is 5.75 Å². The molecule has 0 aromatic heterocycles. The number of hydrogen-bond donors (Lipinski definition) is 3. The molecule has 6 nitrogen and oxygen atoms in total. The molecule has 0 unspecified atom stereocenters. The third kappa shape index (κ3) is 3.13. The van der Waals surface area contributed by atoms with Gasteiger partial charge in [0.2, 0.25) is 10.0 Å². The Kier molecular flexibility index (Phi) is 2.85. The average Bonchev–Trinajstić information content (AvgIpc) is 1.99. The highest BCUT2D eigenvalue weighted by Gasteiger charge is 2.12. The van der Waals surface area contributed by atoms with Crippen LogP contribution in [0.2, 0.25) is 0 Å². The molecule has 0 fully saturated rings. The van der Waals surface area contributed by atoms with Crippen LogP contribution in [0.3, 0.4) is 0 Å². The number of carbonyl (C=O) groups excluding carboxylic acids is 1. The van der Waals surface area contributed by atoms with Crippen molar-refractivity contribution in [2.75, 3.05) is 11.0 Å². The number of phenols is 1. The number of primary amides is 1. The fourth-order valence-corrected chi connectivity index (χ4v) is 1.60. The second-order valence-electron chi connectivity index (χ2n) is 2.97. The van der Waals surface area contributed by atoms with Crippen molar-refractivity contribution in [3.8, 4) is 5.75 Å². The quantitative estimate of drug-likeness (QED) is 0.671. The molecule has 1 aromatic carbocycles. The Morgan fingerprint density at radius 2 is 2.07 bits per heavy atom. The zero-order chi connectivity index (χ0) is 11.6. The highest BCUT2D eigenvalue weighted by Crippen LogP contribution is 2.21. The van der Waals surface area contributed by atoms with Crippen molar-refractivity contribution in [1.29, 1.82) is 0 Å². The molecule has 1 aromatic rings. The number of rotatable bonds is 3. The molecule has 0 heterocycles. The maximum absolute atomic E-state index is 10.9. The van der Waals surface area contributed by atoms with E-state index >= 15 is 0 Å². The van der Waals surface area contributed by atoms with Crippen LogP contribution in [0, 0.1) is 0 Å². The highest BCUT2D eigenvalue weighted by atomic mass is 32.2. The summed E-state index contributed by atoms with van der Waals surface area (Å²) in [5.74, 6) is -0.938. The summed E-state index contributed by atoms with van der Waals surface area (Å²) in [6.45, 7) is 0. The number of nitrogens with two attached hydrogens (primary N) is 1. The van der Waals surface area contributed by atoms with E-state index in [2.05, 4.69) is 4.72 Å². The Morgan fingerprint density at radius 1 is 1.47 bits per heavy atom. The smallest absolute Gasteiger partial charge is 0.250 e. The van der Waals surface area contributed by atoms with E-state index in [0.29, 0.717) is 0 Å². The number of amides is 1. The van der Waals surface area contributed by atoms with Gasteiger partial charge in [-0.3, -0.25) is 9.52 Å². The van der Waals surface area contributed by atoms with Gasteiger partial charge in [-0.05, 0) is 12.1 Å². The Bertz CT molecular complexity index is 495. The van der Waals surface area contributed by atoms with Gasteiger partial charge in [-0.15, -0.1) is 0 Å². The predicted molar refractivity (Wildman–Crippen MR) is 55.1 cm³/mol. The normalized spacial score (nSPS) is 11.0. The first kappa shape index (κ1) is 11.3. The number of aromatic hydroxyl groups is 1. The maximum Gasteiger partial charge on any atom is 0.250 e. The zero-order valence-electron chi connectivity index (χ0n) is 7.89. The van der Waals surface area contributed by atoms with Crippen molar-refractivity contribution in [1.82, 2.24) is 0 Å². The number of carbonyl (C=O) groups is 1. The molecule has 7 heteroatoms. The first-order chi connectivity index (χ1) is 6.79. The Labute approximate surface area is 86.8 Å². The van der Waals surface area contributed by atoms with Crippen LogP contribution >= 0.6 is 0 Å². The zero-order valence-corrected chi connectivity index (χ0v) is 8.71. The molecule has 1 rings (SSSR count). The summed E-state index contributed by atoms with van der Waals surface area (Å²) in [6, 6.07) is 3.60. The van der Waals surface area contributed by atoms with E-state index in [1.165, 1.54) is 12.1 Å². The molecule has 0 radical (unpaired) electrons. The van der Waals surface area contributed by atoms with Crippen molar-refractivity contribution in [2.45, 2.75) is 0 Å². The summed E-state index contributed by atoms with van der Waals surface area (Å²) >= 11 is 0. The molecule has 0 bridgehead atoms. The predicted octanol–water partition coefficient (Wildman–Crippen LogP) is -0.137. The molecule has 0 saturated heterocycles. The molecule has 0 spiro atoms. The molecule has 0 aliphatic rings. The fraction of sp³-hybridized carbons (Fsp3) is 0.125. The molecule has 0 saturated carbocycles. The van der Waals surface area contributed by atoms with Gasteiger partial charge in [0.15, 0.2) is 0 Å². The lowest BCUT2D eigenvalue weighted by molar-refractivity contribution is 0.100. The lowest BCUT2D eigenvalue weighted by Crippen LogP contribution is -2.17. The fourth-order valence-electron chi connectivity index (χ4n) is 1.03. The number of nitrogens with one attached hydrogen (secondary N) is 1. The highest BCUT2D eigenvalue weighted by molar-refractivity contribution is 7.92. The van der Waals surface area contributed by atoms with Crippen molar-refractivity contribution < 1.29 is 18.3 Å². The molecule has 0 aliphatic carbocycles. The second kappa shape index (κ2) is 3.77. The molecule has 1 amide bonds. The third-order valence-corrected chi connectivity index (χ3v) is 2.15. The van der Waals surface area contributed by atoms with Crippen LogP contribution in [0.5, 0.6) is 5.75 Å². The summed E-state index contributed by atoms with van der Waals surface area (Å²) in [5.41, 5.74) is 4.99. The lowest BCUT2D eigenvalue weighted by atomic mass is 10.1. The molecular weight excluding hydrogens is 220 g/mol. The molecule has 0 atom stereocenters. The number of sulfonamides is 1. The van der Waals surface area contributed by atoms with Gasteiger partial charge in [0, 0.05) is 6.07 Å². The van der Waals surface area contributed by atoms with E-state index in [1.807, 2.05) is 0 Å². The molecule has 15 heavy (non-hydrogen) atoms. The van der Waals surface area contributed by atoms with Crippen LogP contribution in [0.4, 0.5) is 5.69 Å². The Hall–Kier alpha value is -1.76. The van der Waals surface area contributed by atoms with E-state index in [4.69, 9.17) is 10.8 Å². The van der Waals surface area contributed by atoms with Crippen molar-refractivity contribution in [2.24, 2.45) is 5.73 Å². The van der Waals surface area contributed by atoms with E-state index in [1.54, 1.807) is 0 Å². The van der Waals surface area contributed by atoms with Crippen LogP contribution < -0.4 is 10.5 Å².